The number of benzene rings is 2. The molecule has 2 rings (SSSR count). The van der Waals surface area contributed by atoms with Gasteiger partial charge in [0.25, 0.3) is 0 Å². The van der Waals surface area contributed by atoms with E-state index in [-0.39, 0.29) is 0 Å². The molecule has 0 bridgehead atoms. The molecule has 0 atom stereocenters. The summed E-state index contributed by atoms with van der Waals surface area (Å²) < 4.78 is 5.77. The summed E-state index contributed by atoms with van der Waals surface area (Å²) in [6, 6.07) is 14.6. The minimum Gasteiger partial charge on any atom is -0.489 e. The third kappa shape index (κ3) is 3.10. The molecule has 0 aliphatic carbocycles. The van der Waals surface area contributed by atoms with E-state index in [0.717, 1.165) is 5.75 Å². The van der Waals surface area contributed by atoms with E-state index in [1.165, 1.54) is 22.3 Å². The van der Waals surface area contributed by atoms with Crippen LogP contribution in [0.1, 0.15) is 22.3 Å². The number of hydrogen-bond donors (Lipinski definition) is 0. The van der Waals surface area contributed by atoms with E-state index in [1.807, 2.05) is 12.1 Å². The number of rotatable bonds is 3. The molecule has 0 spiro atoms. The van der Waals surface area contributed by atoms with Crippen LogP contribution >= 0.6 is 0 Å². The predicted octanol–water partition coefficient (Wildman–Crippen LogP) is 4.19. The highest BCUT2D eigenvalue weighted by Crippen LogP contribution is 2.16. The number of aryl methyl sites for hydroxylation is 3. The molecule has 0 N–H and O–H groups in total. The van der Waals surface area contributed by atoms with E-state index in [9.17, 15) is 0 Å². The lowest BCUT2D eigenvalue weighted by atomic mass is 10.1. The minimum absolute atomic E-state index is 0.634. The Bertz CT molecular complexity index is 497. The summed E-state index contributed by atoms with van der Waals surface area (Å²) in [7, 11) is 0. The second-order valence-corrected chi connectivity index (χ2v) is 4.53. The molecule has 0 saturated heterocycles. The Balaban J connectivity index is 2.04. The first kappa shape index (κ1) is 11.7. The van der Waals surface area contributed by atoms with E-state index >= 15 is 0 Å². The SMILES string of the molecule is Cc1ccc(OCc2ccc(C)cc2C)cc1. The van der Waals surface area contributed by atoms with Crippen LogP contribution < -0.4 is 4.74 Å². The Labute approximate surface area is 103 Å². The van der Waals surface area contributed by atoms with Gasteiger partial charge in [-0.1, -0.05) is 41.5 Å². The molecule has 17 heavy (non-hydrogen) atoms. The lowest BCUT2D eigenvalue weighted by molar-refractivity contribution is 0.305. The highest BCUT2D eigenvalue weighted by atomic mass is 16.5. The molecule has 0 radical (unpaired) electrons. The van der Waals surface area contributed by atoms with Crippen molar-refractivity contribution in [3.05, 3.63) is 64.7 Å². The van der Waals surface area contributed by atoms with Crippen molar-refractivity contribution in [2.45, 2.75) is 27.4 Å². The Kier molecular flexibility index (Phi) is 3.48. The molecular formula is C16H18O. The fourth-order valence-electron chi connectivity index (χ4n) is 1.80. The molecule has 0 heterocycles. The van der Waals surface area contributed by atoms with Crippen LogP contribution in [-0.2, 0) is 6.61 Å². The summed E-state index contributed by atoms with van der Waals surface area (Å²) in [4.78, 5) is 0. The lowest BCUT2D eigenvalue weighted by Crippen LogP contribution is -1.98. The Morgan fingerprint density at radius 1 is 0.824 bits per heavy atom. The number of ether oxygens (including phenoxy) is 1. The van der Waals surface area contributed by atoms with Gasteiger partial charge in [-0.25, -0.2) is 0 Å². The first-order valence-corrected chi connectivity index (χ1v) is 5.91. The van der Waals surface area contributed by atoms with Crippen LogP contribution in [0.3, 0.4) is 0 Å². The average molecular weight is 226 g/mol. The zero-order valence-corrected chi connectivity index (χ0v) is 10.7. The molecule has 1 nitrogen and oxygen atoms in total. The topological polar surface area (TPSA) is 9.23 Å². The molecule has 1 heteroatoms. The average Bonchev–Trinajstić information content (AvgIpc) is 2.30. The van der Waals surface area contributed by atoms with Crippen molar-refractivity contribution in [2.24, 2.45) is 0 Å². The smallest absolute Gasteiger partial charge is 0.119 e. The Morgan fingerprint density at radius 3 is 2.12 bits per heavy atom. The van der Waals surface area contributed by atoms with Crippen molar-refractivity contribution in [3.63, 3.8) is 0 Å². The molecular weight excluding hydrogens is 208 g/mol. The zero-order chi connectivity index (χ0) is 12.3. The van der Waals surface area contributed by atoms with E-state index in [0.29, 0.717) is 6.61 Å². The third-order valence-corrected chi connectivity index (χ3v) is 2.91. The van der Waals surface area contributed by atoms with Gasteiger partial charge in [0, 0.05) is 0 Å². The van der Waals surface area contributed by atoms with Crippen LogP contribution in [0.2, 0.25) is 0 Å². The fourth-order valence-corrected chi connectivity index (χ4v) is 1.80. The van der Waals surface area contributed by atoms with Gasteiger partial charge in [0.15, 0.2) is 0 Å². The van der Waals surface area contributed by atoms with Gasteiger partial charge < -0.3 is 4.74 Å². The molecule has 0 saturated carbocycles. The summed E-state index contributed by atoms with van der Waals surface area (Å²) in [6.45, 7) is 6.95. The highest BCUT2D eigenvalue weighted by Gasteiger charge is 2.00. The standard InChI is InChI=1S/C16H18O/c1-12-5-8-16(9-6-12)17-11-15-7-4-13(2)10-14(15)3/h4-10H,11H2,1-3H3. The van der Waals surface area contributed by atoms with E-state index in [1.54, 1.807) is 0 Å². The van der Waals surface area contributed by atoms with Crippen LogP contribution in [0.5, 0.6) is 5.75 Å². The van der Waals surface area contributed by atoms with Gasteiger partial charge in [-0.2, -0.15) is 0 Å². The van der Waals surface area contributed by atoms with Crippen LogP contribution in [0.15, 0.2) is 42.5 Å². The molecule has 0 fully saturated rings. The minimum atomic E-state index is 0.634. The maximum atomic E-state index is 5.77. The zero-order valence-electron chi connectivity index (χ0n) is 10.7. The third-order valence-electron chi connectivity index (χ3n) is 2.91. The van der Waals surface area contributed by atoms with Crippen molar-refractivity contribution >= 4 is 0 Å². The van der Waals surface area contributed by atoms with Gasteiger partial charge in [-0.05, 0) is 44.0 Å². The molecule has 2 aromatic carbocycles. The molecule has 0 unspecified atom stereocenters. The largest absolute Gasteiger partial charge is 0.489 e. The van der Waals surface area contributed by atoms with Gasteiger partial charge in [0.2, 0.25) is 0 Å². The summed E-state index contributed by atoms with van der Waals surface area (Å²) in [6.07, 6.45) is 0. The Hall–Kier alpha value is -1.76. The van der Waals surface area contributed by atoms with Crippen LogP contribution in [0.25, 0.3) is 0 Å². The van der Waals surface area contributed by atoms with Crippen LogP contribution in [0.4, 0.5) is 0 Å². The van der Waals surface area contributed by atoms with Crippen LogP contribution in [-0.4, -0.2) is 0 Å². The van der Waals surface area contributed by atoms with Crippen molar-refractivity contribution in [3.8, 4) is 5.75 Å². The molecule has 88 valence electrons. The monoisotopic (exact) mass is 226 g/mol. The first-order valence-electron chi connectivity index (χ1n) is 5.91. The van der Waals surface area contributed by atoms with Crippen LogP contribution in [0, 0.1) is 20.8 Å². The maximum absolute atomic E-state index is 5.77. The second kappa shape index (κ2) is 5.05. The fraction of sp³-hybridized carbons (Fsp3) is 0.250. The van der Waals surface area contributed by atoms with Gasteiger partial charge in [0.05, 0.1) is 0 Å². The van der Waals surface area contributed by atoms with Gasteiger partial charge >= 0.3 is 0 Å². The summed E-state index contributed by atoms with van der Waals surface area (Å²) in [5.74, 6) is 0.926. The van der Waals surface area contributed by atoms with E-state index in [4.69, 9.17) is 4.74 Å². The normalized spacial score (nSPS) is 10.3. The number of hydrogen-bond acceptors (Lipinski definition) is 1. The Morgan fingerprint density at radius 2 is 1.47 bits per heavy atom. The van der Waals surface area contributed by atoms with E-state index in [2.05, 4.69) is 51.1 Å². The van der Waals surface area contributed by atoms with Gasteiger partial charge in [-0.15, -0.1) is 0 Å². The van der Waals surface area contributed by atoms with Crippen molar-refractivity contribution < 1.29 is 4.74 Å². The lowest BCUT2D eigenvalue weighted by Gasteiger charge is -2.09. The van der Waals surface area contributed by atoms with Crippen molar-refractivity contribution in [1.29, 1.82) is 0 Å². The van der Waals surface area contributed by atoms with Gasteiger partial charge in [-0.3, -0.25) is 0 Å². The van der Waals surface area contributed by atoms with Gasteiger partial charge in [0.1, 0.15) is 12.4 Å². The second-order valence-electron chi connectivity index (χ2n) is 4.53. The molecule has 0 aliphatic rings. The quantitative estimate of drug-likeness (QED) is 0.762. The summed E-state index contributed by atoms with van der Waals surface area (Å²) in [5, 5.41) is 0. The molecule has 0 amide bonds. The summed E-state index contributed by atoms with van der Waals surface area (Å²) >= 11 is 0. The van der Waals surface area contributed by atoms with E-state index < -0.39 is 0 Å². The predicted molar refractivity (Wildman–Crippen MR) is 71.4 cm³/mol. The molecule has 0 aliphatic heterocycles. The molecule has 0 aromatic heterocycles. The summed E-state index contributed by atoms with van der Waals surface area (Å²) in [5.41, 5.74) is 5.08. The molecule has 2 aromatic rings. The van der Waals surface area contributed by atoms with Crippen molar-refractivity contribution in [2.75, 3.05) is 0 Å². The highest BCUT2D eigenvalue weighted by molar-refractivity contribution is 5.31. The first-order chi connectivity index (χ1) is 8.15. The van der Waals surface area contributed by atoms with Crippen molar-refractivity contribution in [1.82, 2.24) is 0 Å². The maximum Gasteiger partial charge on any atom is 0.119 e.